The van der Waals surface area contributed by atoms with E-state index in [4.69, 9.17) is 4.74 Å². The second-order valence-corrected chi connectivity index (χ2v) is 5.60. The molecule has 0 saturated carbocycles. The summed E-state index contributed by atoms with van der Waals surface area (Å²) in [5.74, 6) is -0.168. The Balaban J connectivity index is 1.98. The van der Waals surface area contributed by atoms with Crippen molar-refractivity contribution in [3.05, 3.63) is 33.7 Å². The number of nitrogens with one attached hydrogen (secondary N) is 1. The van der Waals surface area contributed by atoms with Crippen molar-refractivity contribution < 1.29 is 9.53 Å². The van der Waals surface area contributed by atoms with Crippen molar-refractivity contribution in [1.82, 2.24) is 9.58 Å². The van der Waals surface area contributed by atoms with Gasteiger partial charge in [-0.1, -0.05) is 0 Å². The average Bonchev–Trinajstić information content (AvgIpc) is 2.89. The van der Waals surface area contributed by atoms with Gasteiger partial charge in [0.25, 0.3) is 5.56 Å². The Labute approximate surface area is 124 Å². The van der Waals surface area contributed by atoms with Crippen molar-refractivity contribution in [1.29, 1.82) is 0 Å². The molecule has 0 unspecified atom stereocenters. The fourth-order valence-corrected chi connectivity index (χ4v) is 2.68. The van der Waals surface area contributed by atoms with Crippen LogP contribution in [0.4, 0.5) is 0 Å². The second kappa shape index (κ2) is 6.87. The largest absolute Gasteiger partial charge is 0.383 e. The molecule has 21 heavy (non-hydrogen) atoms. The Morgan fingerprint density at radius 3 is 2.86 bits per heavy atom. The quantitative estimate of drug-likeness (QED) is 0.859. The van der Waals surface area contributed by atoms with Crippen LogP contribution in [0.1, 0.15) is 17.7 Å². The first-order valence-corrected chi connectivity index (χ1v) is 7.23. The Morgan fingerprint density at radius 1 is 1.43 bits per heavy atom. The van der Waals surface area contributed by atoms with Crippen LogP contribution in [0.2, 0.25) is 0 Å². The number of aryl methyl sites for hydroxylation is 2. The van der Waals surface area contributed by atoms with Gasteiger partial charge in [-0.25, -0.2) is 4.68 Å². The van der Waals surface area contributed by atoms with Crippen LogP contribution in [0.25, 0.3) is 0 Å². The molecule has 1 aliphatic heterocycles. The van der Waals surface area contributed by atoms with Crippen LogP contribution in [0.3, 0.4) is 0 Å². The summed E-state index contributed by atoms with van der Waals surface area (Å²) in [4.78, 5) is 26.4. The van der Waals surface area contributed by atoms with Crippen molar-refractivity contribution in [2.24, 2.45) is 5.92 Å². The molecule has 1 amide bonds. The zero-order chi connectivity index (χ0) is 15.4. The molecule has 1 N–H and O–H groups in total. The summed E-state index contributed by atoms with van der Waals surface area (Å²) >= 11 is 0. The van der Waals surface area contributed by atoms with Crippen LogP contribution < -0.4 is 11.0 Å². The number of pyridine rings is 1. The van der Waals surface area contributed by atoms with E-state index in [1.807, 2.05) is 19.9 Å². The molecule has 116 valence electrons. The summed E-state index contributed by atoms with van der Waals surface area (Å²) < 4.78 is 6.38. The number of carbonyl (C=O) groups is 1. The molecule has 0 spiro atoms. The first-order valence-electron chi connectivity index (χ1n) is 7.23. The number of hydrogen-bond acceptors (Lipinski definition) is 4. The fraction of sp³-hybridized carbons (Fsp3) is 0.600. The van der Waals surface area contributed by atoms with E-state index in [0.29, 0.717) is 6.61 Å². The lowest BCUT2D eigenvalue weighted by Crippen LogP contribution is -2.38. The molecule has 0 aromatic carbocycles. The number of rotatable bonds is 5. The van der Waals surface area contributed by atoms with E-state index >= 15 is 0 Å². The van der Waals surface area contributed by atoms with Gasteiger partial charge in [0.05, 0.1) is 12.5 Å². The van der Waals surface area contributed by atoms with Crippen LogP contribution in [-0.2, 0) is 9.53 Å². The van der Waals surface area contributed by atoms with Gasteiger partial charge in [-0.05, 0) is 38.4 Å². The summed E-state index contributed by atoms with van der Waals surface area (Å²) in [6, 6.07) is 3.40. The number of hydrogen-bond donors (Lipinski definition) is 1. The molecular weight excluding hydrogens is 270 g/mol. The van der Waals surface area contributed by atoms with E-state index in [-0.39, 0.29) is 17.4 Å². The van der Waals surface area contributed by atoms with E-state index in [1.165, 1.54) is 10.7 Å². The van der Waals surface area contributed by atoms with Gasteiger partial charge in [0.2, 0.25) is 5.91 Å². The molecule has 1 aromatic heterocycles. The normalized spacial score (nSPS) is 18.9. The van der Waals surface area contributed by atoms with Crippen molar-refractivity contribution in [2.75, 3.05) is 38.8 Å². The van der Waals surface area contributed by atoms with E-state index < -0.39 is 0 Å². The van der Waals surface area contributed by atoms with E-state index in [1.54, 1.807) is 7.11 Å². The Morgan fingerprint density at radius 2 is 2.19 bits per heavy atom. The van der Waals surface area contributed by atoms with Gasteiger partial charge in [0, 0.05) is 32.0 Å². The van der Waals surface area contributed by atoms with Gasteiger partial charge in [-0.2, -0.15) is 0 Å². The van der Waals surface area contributed by atoms with E-state index in [2.05, 4.69) is 10.3 Å². The Bertz CT molecular complexity index is 568. The maximum absolute atomic E-state index is 12.3. The smallest absolute Gasteiger partial charge is 0.269 e. The van der Waals surface area contributed by atoms with Crippen LogP contribution in [0, 0.1) is 19.8 Å². The Hall–Kier alpha value is -1.66. The monoisotopic (exact) mass is 293 g/mol. The first kappa shape index (κ1) is 15.7. The molecule has 1 atom stereocenters. The van der Waals surface area contributed by atoms with Crippen LogP contribution in [-0.4, -0.2) is 48.8 Å². The molecule has 1 aromatic rings. The SMILES string of the molecule is COCCN1CC[C@H](C(=O)Nn2c(C)cc(C)cc2=O)C1. The van der Waals surface area contributed by atoms with E-state index in [9.17, 15) is 9.59 Å². The zero-order valence-electron chi connectivity index (χ0n) is 12.9. The van der Waals surface area contributed by atoms with Crippen LogP contribution in [0.5, 0.6) is 0 Å². The minimum atomic E-state index is -0.199. The molecule has 1 fully saturated rings. The minimum absolute atomic E-state index is 0.0746. The summed E-state index contributed by atoms with van der Waals surface area (Å²) in [7, 11) is 1.67. The maximum Gasteiger partial charge on any atom is 0.269 e. The average molecular weight is 293 g/mol. The second-order valence-electron chi connectivity index (χ2n) is 5.60. The predicted molar refractivity (Wildman–Crippen MR) is 81.0 cm³/mol. The van der Waals surface area contributed by atoms with Crippen molar-refractivity contribution in [3.8, 4) is 0 Å². The van der Waals surface area contributed by atoms with Crippen molar-refractivity contribution in [3.63, 3.8) is 0 Å². The van der Waals surface area contributed by atoms with E-state index in [0.717, 1.165) is 37.3 Å². The highest BCUT2D eigenvalue weighted by Crippen LogP contribution is 2.16. The molecule has 6 heteroatoms. The number of nitrogens with zero attached hydrogens (tertiary/aromatic N) is 2. The molecule has 0 bridgehead atoms. The minimum Gasteiger partial charge on any atom is -0.383 e. The number of methoxy groups -OCH3 is 1. The molecule has 0 radical (unpaired) electrons. The lowest BCUT2D eigenvalue weighted by molar-refractivity contribution is -0.120. The number of aromatic nitrogens is 1. The third-order valence-electron chi connectivity index (χ3n) is 3.84. The molecule has 2 heterocycles. The highest BCUT2D eigenvalue weighted by Gasteiger charge is 2.28. The summed E-state index contributed by atoms with van der Waals surface area (Å²) in [5, 5.41) is 0. The fourth-order valence-electron chi connectivity index (χ4n) is 2.68. The van der Waals surface area contributed by atoms with Gasteiger partial charge in [0.15, 0.2) is 0 Å². The van der Waals surface area contributed by atoms with Crippen molar-refractivity contribution >= 4 is 5.91 Å². The maximum atomic E-state index is 12.3. The molecule has 6 nitrogen and oxygen atoms in total. The van der Waals surface area contributed by atoms with Gasteiger partial charge in [0.1, 0.15) is 0 Å². The lowest BCUT2D eigenvalue weighted by atomic mass is 10.1. The standard InChI is InChI=1S/C15H23N3O3/c1-11-8-12(2)18(14(19)9-11)16-15(20)13-4-5-17(10-13)6-7-21-3/h8-9,13H,4-7,10H2,1-3H3,(H,16,20)/t13-/m0/s1. The number of amides is 1. The topological polar surface area (TPSA) is 63.6 Å². The Kier molecular flexibility index (Phi) is 5.14. The summed E-state index contributed by atoms with van der Waals surface area (Å²) in [6.45, 7) is 6.80. The van der Waals surface area contributed by atoms with Crippen molar-refractivity contribution in [2.45, 2.75) is 20.3 Å². The number of carbonyl (C=O) groups excluding carboxylic acids is 1. The molecule has 1 aliphatic rings. The van der Waals surface area contributed by atoms with Gasteiger partial charge >= 0.3 is 0 Å². The van der Waals surface area contributed by atoms with Gasteiger partial charge in [-0.15, -0.1) is 0 Å². The number of likely N-dealkylation sites (tertiary alicyclic amines) is 1. The lowest BCUT2D eigenvalue weighted by Gasteiger charge is -2.17. The number of ether oxygens (including phenoxy) is 1. The summed E-state index contributed by atoms with van der Waals surface area (Å²) in [5.41, 5.74) is 4.17. The molecule has 1 saturated heterocycles. The highest BCUT2D eigenvalue weighted by molar-refractivity contribution is 5.86. The first-order chi connectivity index (χ1) is 10.0. The summed E-state index contributed by atoms with van der Waals surface area (Å²) in [6.07, 6.45) is 0.815. The highest BCUT2D eigenvalue weighted by atomic mass is 16.5. The molecule has 0 aliphatic carbocycles. The third kappa shape index (κ3) is 3.92. The van der Waals surface area contributed by atoms with Gasteiger partial charge in [-0.3, -0.25) is 15.0 Å². The predicted octanol–water partition coefficient (Wildman–Crippen LogP) is 0.504. The molecule has 2 rings (SSSR count). The zero-order valence-corrected chi connectivity index (χ0v) is 12.9. The van der Waals surface area contributed by atoms with Gasteiger partial charge < -0.3 is 9.64 Å². The third-order valence-corrected chi connectivity index (χ3v) is 3.84. The van der Waals surface area contributed by atoms with Crippen LogP contribution >= 0.6 is 0 Å². The molecular formula is C15H23N3O3. The van der Waals surface area contributed by atoms with Crippen LogP contribution in [0.15, 0.2) is 16.9 Å².